The van der Waals surface area contributed by atoms with E-state index in [4.69, 9.17) is 0 Å². The van der Waals surface area contributed by atoms with Gasteiger partial charge in [-0.05, 0) is 12.8 Å². The molecule has 0 bridgehead atoms. The second-order valence-electron chi connectivity index (χ2n) is 5.36. The van der Waals surface area contributed by atoms with Gasteiger partial charge >= 0.3 is 0 Å². The number of carbonyl (C=O) groups is 5. The molecule has 0 radical (unpaired) electrons. The predicted octanol–water partition coefficient (Wildman–Crippen LogP) is -0.123. The molecule has 11 heteroatoms. The van der Waals surface area contributed by atoms with Crippen molar-refractivity contribution in [1.29, 1.82) is 0 Å². The average molecular weight is 497 g/mol. The Balaban J connectivity index is 4.16. The number of aldehydes is 2. The summed E-state index contributed by atoms with van der Waals surface area (Å²) in [6.45, 7) is 0.537. The first-order chi connectivity index (χ1) is 12.5. The fourth-order valence-corrected chi connectivity index (χ4v) is 3.23. The maximum absolute atomic E-state index is 12.2. The number of hydrogen-bond donors (Lipinski definition) is 3. The molecular weight excluding hydrogens is 472 g/mol. The molecule has 8 nitrogen and oxygen atoms in total. The van der Waals surface area contributed by atoms with Crippen LogP contribution in [-0.4, -0.2) is 59.6 Å². The largest absolute Gasteiger partial charge is 0.354 e. The van der Waals surface area contributed by atoms with Gasteiger partial charge in [0.1, 0.15) is 18.6 Å². The fourth-order valence-electron chi connectivity index (χ4n) is 1.90. The zero-order valence-electron chi connectivity index (χ0n) is 14.6. The second kappa shape index (κ2) is 17.3. The number of nitrogens with one attached hydrogen (secondary N) is 3. The molecule has 0 heterocycles. The van der Waals surface area contributed by atoms with Crippen LogP contribution >= 0.6 is 34.0 Å². The van der Waals surface area contributed by atoms with Crippen LogP contribution in [-0.2, 0) is 24.0 Å². The minimum Gasteiger partial charge on any atom is -0.354 e. The number of amides is 3. The normalized spacial score (nSPS) is 11.1. The molecule has 0 aromatic carbocycles. The molecule has 0 fully saturated rings. The molecule has 0 spiro atoms. The first kappa shape index (κ1) is 24.9. The predicted molar refractivity (Wildman–Crippen MR) is 111 cm³/mol. The van der Waals surface area contributed by atoms with E-state index in [2.05, 4.69) is 38.3 Å². The molecule has 0 aliphatic heterocycles. The van der Waals surface area contributed by atoms with Crippen molar-refractivity contribution in [3.05, 3.63) is 0 Å². The Hall–Kier alpha value is -1.11. The lowest BCUT2D eigenvalue weighted by atomic mass is 10.2. The van der Waals surface area contributed by atoms with Crippen molar-refractivity contribution < 1.29 is 24.0 Å². The van der Waals surface area contributed by atoms with Crippen molar-refractivity contribution in [2.24, 2.45) is 0 Å². The second-order valence-corrected chi connectivity index (χ2v) is 8.19. The van der Waals surface area contributed by atoms with Crippen LogP contribution in [0.5, 0.6) is 0 Å². The van der Waals surface area contributed by atoms with Gasteiger partial charge in [0.05, 0.1) is 0 Å². The number of rotatable bonds is 16. The van der Waals surface area contributed by atoms with Gasteiger partial charge in [0.2, 0.25) is 17.7 Å². The van der Waals surface area contributed by atoms with Crippen molar-refractivity contribution in [2.45, 2.75) is 44.6 Å². The Morgan fingerprint density at radius 3 is 2.12 bits per heavy atom. The summed E-state index contributed by atoms with van der Waals surface area (Å²) in [4.78, 5) is 56.0. The zero-order valence-corrected chi connectivity index (χ0v) is 17.6. The van der Waals surface area contributed by atoms with Crippen LogP contribution in [0.2, 0.25) is 0 Å². The van der Waals surface area contributed by atoms with Crippen molar-refractivity contribution in [3.63, 3.8) is 0 Å². The summed E-state index contributed by atoms with van der Waals surface area (Å²) in [6.07, 6.45) is 3.65. The third-order valence-electron chi connectivity index (χ3n) is 3.21. The smallest absolute Gasteiger partial charge is 0.264 e. The SMILES string of the molecule is O=CCCCC(=O)NCCNC(=O)[C@H](CSBI)NC(=O)CCCC=O. The Bertz CT molecular complexity index is 471. The van der Waals surface area contributed by atoms with Gasteiger partial charge in [-0.2, -0.15) is 11.6 Å². The molecule has 0 aliphatic carbocycles. The van der Waals surface area contributed by atoms with Gasteiger partial charge < -0.3 is 25.5 Å². The maximum Gasteiger partial charge on any atom is 0.264 e. The van der Waals surface area contributed by atoms with Crippen LogP contribution in [0.15, 0.2) is 0 Å². The molecule has 0 rings (SSSR count). The summed E-state index contributed by atoms with van der Waals surface area (Å²) in [7, 11) is 0. The van der Waals surface area contributed by atoms with Crippen molar-refractivity contribution in [1.82, 2.24) is 16.0 Å². The van der Waals surface area contributed by atoms with Gasteiger partial charge in [-0.25, -0.2) is 0 Å². The fraction of sp³-hybridized carbons (Fsp3) is 0.667. The van der Waals surface area contributed by atoms with Crippen LogP contribution in [0, 0.1) is 0 Å². The summed E-state index contributed by atoms with van der Waals surface area (Å²) in [5.41, 5.74) is 0. The van der Waals surface area contributed by atoms with E-state index < -0.39 is 6.04 Å². The van der Waals surface area contributed by atoms with Crippen molar-refractivity contribution >= 4 is 68.7 Å². The summed E-state index contributed by atoms with van der Waals surface area (Å²) in [6, 6.07) is -0.651. The Kier molecular flexibility index (Phi) is 16.6. The molecule has 0 aromatic rings. The Morgan fingerprint density at radius 1 is 0.962 bits per heavy atom. The van der Waals surface area contributed by atoms with Gasteiger partial charge in [0, 0.05) is 44.5 Å². The van der Waals surface area contributed by atoms with E-state index in [9.17, 15) is 24.0 Å². The molecule has 146 valence electrons. The van der Waals surface area contributed by atoms with E-state index >= 15 is 0 Å². The highest BCUT2D eigenvalue weighted by Gasteiger charge is 2.20. The first-order valence-corrected chi connectivity index (χ1v) is 11.1. The minimum atomic E-state index is -0.651. The van der Waals surface area contributed by atoms with E-state index in [1.54, 1.807) is 0 Å². The van der Waals surface area contributed by atoms with Crippen molar-refractivity contribution in [2.75, 3.05) is 18.8 Å². The lowest BCUT2D eigenvalue weighted by Crippen LogP contribution is -2.49. The zero-order chi connectivity index (χ0) is 19.6. The van der Waals surface area contributed by atoms with E-state index in [1.165, 1.54) is 11.6 Å². The molecular formula is C15H25BIN3O5S. The molecule has 0 unspecified atom stereocenters. The highest BCUT2D eigenvalue weighted by Crippen LogP contribution is 2.05. The van der Waals surface area contributed by atoms with E-state index in [-0.39, 0.29) is 43.7 Å². The number of carbonyl (C=O) groups excluding carboxylic acids is 5. The minimum absolute atomic E-state index is 0.165. The summed E-state index contributed by atoms with van der Waals surface area (Å²) in [5, 5.41) is 8.03. The average Bonchev–Trinajstić information content (AvgIpc) is 2.62. The van der Waals surface area contributed by atoms with Crippen molar-refractivity contribution in [3.8, 4) is 0 Å². The topological polar surface area (TPSA) is 121 Å². The van der Waals surface area contributed by atoms with Crippen LogP contribution in [0.4, 0.5) is 0 Å². The third kappa shape index (κ3) is 14.1. The number of unbranched alkanes of at least 4 members (excludes halogenated alkanes) is 2. The van der Waals surface area contributed by atoms with Crippen LogP contribution in [0.1, 0.15) is 38.5 Å². The summed E-state index contributed by atoms with van der Waals surface area (Å²) in [5.74, 6) is -0.279. The van der Waals surface area contributed by atoms with Crippen LogP contribution in [0.25, 0.3) is 0 Å². The first-order valence-electron chi connectivity index (χ1n) is 8.39. The molecule has 0 aromatic heterocycles. The van der Waals surface area contributed by atoms with Gasteiger partial charge in [-0.15, -0.1) is 22.4 Å². The highest BCUT2D eigenvalue weighted by atomic mass is 127. The quantitative estimate of drug-likeness (QED) is 0.118. The van der Waals surface area contributed by atoms with E-state index in [0.29, 0.717) is 31.4 Å². The van der Waals surface area contributed by atoms with E-state index in [1.807, 2.05) is 0 Å². The Labute approximate surface area is 171 Å². The monoisotopic (exact) mass is 497 g/mol. The number of halogens is 1. The van der Waals surface area contributed by atoms with Gasteiger partial charge in [0.15, 0.2) is 0 Å². The molecule has 3 N–H and O–H groups in total. The Morgan fingerprint density at radius 2 is 1.54 bits per heavy atom. The highest BCUT2D eigenvalue weighted by molar-refractivity contribution is 14.1. The van der Waals surface area contributed by atoms with Crippen LogP contribution in [0.3, 0.4) is 0 Å². The molecule has 3 amide bonds. The third-order valence-corrected chi connectivity index (χ3v) is 5.26. The van der Waals surface area contributed by atoms with Gasteiger partial charge in [0.25, 0.3) is 4.41 Å². The molecule has 1 atom stereocenters. The van der Waals surface area contributed by atoms with Gasteiger partial charge in [-0.1, -0.05) is 0 Å². The lowest BCUT2D eigenvalue weighted by Gasteiger charge is -2.18. The molecule has 0 aliphatic rings. The standard InChI is InChI=1S/C15H25BIN3O5S/c17-16-26-11-12(20-14(24)6-2-4-10-22)15(25)19-8-7-18-13(23)5-1-3-9-21/h9-10,12,16H,1-8,11H2,(H,18,23)(H,19,25)(H,20,24)/t12-/m0/s1. The molecule has 26 heavy (non-hydrogen) atoms. The van der Waals surface area contributed by atoms with Gasteiger partial charge in [-0.3, -0.25) is 14.4 Å². The van der Waals surface area contributed by atoms with E-state index in [0.717, 1.165) is 17.0 Å². The lowest BCUT2D eigenvalue weighted by molar-refractivity contribution is -0.128. The molecule has 0 saturated heterocycles. The number of hydrogen-bond acceptors (Lipinski definition) is 6. The van der Waals surface area contributed by atoms with Crippen LogP contribution < -0.4 is 16.0 Å². The molecule has 0 saturated carbocycles. The maximum atomic E-state index is 12.2. The summed E-state index contributed by atoms with van der Waals surface area (Å²) < 4.78 is 0.791. The summed E-state index contributed by atoms with van der Waals surface area (Å²) >= 11 is 3.70.